The van der Waals surface area contributed by atoms with Crippen LogP contribution in [-0.2, 0) is 0 Å². The molecule has 0 atom stereocenters. The Morgan fingerprint density at radius 1 is 0.625 bits per heavy atom. The number of carbonyl (C=O) groups is 1. The van der Waals surface area contributed by atoms with E-state index < -0.39 is 6.16 Å². The van der Waals surface area contributed by atoms with E-state index >= 15 is 0 Å². The molecular formula is C17H34Br2K2O3. The van der Waals surface area contributed by atoms with Crippen molar-refractivity contribution < 1.29 is 118 Å². The number of hydrogen-bond acceptors (Lipinski definition) is 3. The summed E-state index contributed by atoms with van der Waals surface area (Å²) in [6, 6.07) is 0. The quantitative estimate of drug-likeness (QED) is 0.188. The topological polar surface area (TPSA) is 63.2 Å². The Hall–Kier alpha value is 3.50. The molecule has 0 aromatic carbocycles. The van der Waals surface area contributed by atoms with Crippen molar-refractivity contribution in [3.63, 3.8) is 0 Å². The molecule has 24 heavy (non-hydrogen) atoms. The number of unbranched alkanes of at least 4 members (excludes halogenated alkanes) is 10. The van der Waals surface area contributed by atoms with E-state index in [0.717, 1.165) is 0 Å². The fourth-order valence-corrected chi connectivity index (χ4v) is 2.54. The Kier molecular flexibility index (Phi) is 65.2. The van der Waals surface area contributed by atoms with Gasteiger partial charge in [-0.15, -0.1) is 0 Å². The summed E-state index contributed by atoms with van der Waals surface area (Å²) in [4.78, 5) is 8.33. The van der Waals surface area contributed by atoms with Crippen molar-refractivity contribution in [2.75, 3.05) is 10.7 Å². The molecule has 0 rings (SSSR count). The largest absolute Gasteiger partial charge is 1.00 e. The molecule has 0 N–H and O–H groups in total. The summed E-state index contributed by atoms with van der Waals surface area (Å²) < 4.78 is 0. The van der Waals surface area contributed by atoms with Crippen molar-refractivity contribution in [2.24, 2.45) is 0 Å². The molecule has 0 unspecified atom stereocenters. The zero-order chi connectivity index (χ0) is 17.5. The van der Waals surface area contributed by atoms with E-state index in [9.17, 15) is 0 Å². The predicted octanol–water partition coefficient (Wildman–Crippen LogP) is -0.955. The van der Waals surface area contributed by atoms with Gasteiger partial charge in [-0.05, 0) is 19.0 Å². The first kappa shape index (κ1) is 38.1. The van der Waals surface area contributed by atoms with E-state index in [1.807, 2.05) is 0 Å². The second-order valence-corrected chi connectivity index (χ2v) is 6.75. The molecule has 0 radical (unpaired) electrons. The van der Waals surface area contributed by atoms with Gasteiger partial charge in [-0.25, -0.2) is 0 Å². The van der Waals surface area contributed by atoms with Gasteiger partial charge in [0.1, 0.15) is 0 Å². The molecule has 0 aromatic rings. The summed E-state index contributed by atoms with van der Waals surface area (Å²) in [5, 5.41) is 19.0. The molecule has 0 aromatic heterocycles. The number of halogens is 2. The van der Waals surface area contributed by atoms with Gasteiger partial charge in [0, 0.05) is 10.7 Å². The van der Waals surface area contributed by atoms with Gasteiger partial charge >= 0.3 is 103 Å². The van der Waals surface area contributed by atoms with Crippen molar-refractivity contribution in [2.45, 2.75) is 90.9 Å². The fourth-order valence-electron chi connectivity index (χ4n) is 1.75. The molecule has 0 saturated heterocycles. The molecule has 136 valence electrons. The molecule has 0 aliphatic rings. The van der Waals surface area contributed by atoms with E-state index in [4.69, 9.17) is 15.0 Å². The Bertz CT molecular complexity index is 171. The minimum atomic E-state index is -2.33. The van der Waals surface area contributed by atoms with Gasteiger partial charge in [-0.3, -0.25) is 0 Å². The Morgan fingerprint density at radius 2 is 0.833 bits per heavy atom. The van der Waals surface area contributed by atoms with Crippen LogP contribution in [0.3, 0.4) is 0 Å². The minimum absolute atomic E-state index is 0. The summed E-state index contributed by atoms with van der Waals surface area (Å²) in [5.74, 6) is 0. The molecule has 0 spiro atoms. The van der Waals surface area contributed by atoms with Crippen LogP contribution in [0.1, 0.15) is 90.9 Å². The van der Waals surface area contributed by atoms with Crippen LogP contribution in [-0.4, -0.2) is 16.8 Å². The van der Waals surface area contributed by atoms with Crippen LogP contribution < -0.4 is 113 Å². The van der Waals surface area contributed by atoms with Gasteiger partial charge < -0.3 is 15.0 Å². The smallest absolute Gasteiger partial charge is 0.652 e. The molecule has 0 bridgehead atoms. The molecule has 0 amide bonds. The zero-order valence-electron chi connectivity index (χ0n) is 16.4. The van der Waals surface area contributed by atoms with E-state index in [1.54, 1.807) is 0 Å². The van der Waals surface area contributed by atoms with Gasteiger partial charge in [-0.2, -0.15) is 0 Å². The Labute approximate surface area is 252 Å². The second-order valence-electron chi connectivity index (χ2n) is 5.16. The first-order valence-electron chi connectivity index (χ1n) is 8.56. The van der Waals surface area contributed by atoms with Gasteiger partial charge in [-0.1, -0.05) is 110 Å². The number of rotatable bonds is 12. The third-order valence-corrected chi connectivity index (χ3v) is 4.10. The van der Waals surface area contributed by atoms with E-state index in [2.05, 4.69) is 45.7 Å². The molecule has 7 heteroatoms. The number of hydrogen-bond donors (Lipinski definition) is 0. The Balaban J connectivity index is -0.0000000771. The van der Waals surface area contributed by atoms with Crippen LogP contribution in [0.4, 0.5) is 4.79 Å². The maximum absolute atomic E-state index is 8.33. The zero-order valence-corrected chi connectivity index (χ0v) is 25.8. The maximum atomic E-state index is 8.33. The number of alkyl halides is 2. The molecule has 0 aliphatic heterocycles. The van der Waals surface area contributed by atoms with Crippen LogP contribution in [0.25, 0.3) is 0 Å². The van der Waals surface area contributed by atoms with Crippen molar-refractivity contribution in [1.29, 1.82) is 0 Å². The fraction of sp³-hybridized carbons (Fsp3) is 0.941. The third kappa shape index (κ3) is 63.7. The first-order valence-corrected chi connectivity index (χ1v) is 10.8. The molecule has 0 saturated carbocycles. The second kappa shape index (κ2) is 41.0. The van der Waals surface area contributed by atoms with Crippen LogP contribution in [0.2, 0.25) is 0 Å². The van der Waals surface area contributed by atoms with Gasteiger partial charge in [0.15, 0.2) is 0 Å². The SMILES string of the molecule is CCCCCCCCBr.CCCCCCCCBr.O=C([O-])[O-].[K+].[K+]. The van der Waals surface area contributed by atoms with Gasteiger partial charge in [0.25, 0.3) is 0 Å². The molecule has 3 nitrogen and oxygen atoms in total. The predicted molar refractivity (Wildman–Crippen MR) is 99.7 cm³/mol. The number of carboxylic acid groups (broad SMARTS) is 2. The van der Waals surface area contributed by atoms with Crippen LogP contribution in [0, 0.1) is 0 Å². The molecule has 0 heterocycles. The average molecular weight is 524 g/mol. The van der Waals surface area contributed by atoms with Gasteiger partial charge in [0.05, 0.1) is 0 Å². The van der Waals surface area contributed by atoms with E-state index in [0.29, 0.717) is 0 Å². The number of carbonyl (C=O) groups excluding carboxylic acids is 1. The standard InChI is InChI=1S/2C8H17Br.CH2O3.2K/c2*1-2-3-4-5-6-7-8-9;2-1(3)4;;/h2*2-8H2,1H3;(H2,2,3,4);;/q;;;2*+1/p-2. The van der Waals surface area contributed by atoms with E-state index in [1.165, 1.54) is 87.7 Å². The van der Waals surface area contributed by atoms with Crippen molar-refractivity contribution in [3.8, 4) is 0 Å². The molecule has 0 fully saturated rings. The summed E-state index contributed by atoms with van der Waals surface area (Å²) in [7, 11) is 0. The van der Waals surface area contributed by atoms with Crippen LogP contribution in [0.15, 0.2) is 0 Å². The molecule has 0 aliphatic carbocycles. The van der Waals surface area contributed by atoms with Crippen molar-refractivity contribution in [1.82, 2.24) is 0 Å². The Morgan fingerprint density at radius 3 is 1.04 bits per heavy atom. The third-order valence-electron chi connectivity index (χ3n) is 2.97. The summed E-state index contributed by atoms with van der Waals surface area (Å²) >= 11 is 6.84. The summed E-state index contributed by atoms with van der Waals surface area (Å²) in [5.41, 5.74) is 0. The molecular weight excluding hydrogens is 490 g/mol. The van der Waals surface area contributed by atoms with Gasteiger partial charge in [0.2, 0.25) is 0 Å². The minimum Gasteiger partial charge on any atom is -0.652 e. The van der Waals surface area contributed by atoms with Crippen molar-refractivity contribution >= 4 is 38.0 Å². The van der Waals surface area contributed by atoms with E-state index in [-0.39, 0.29) is 103 Å². The summed E-state index contributed by atoms with van der Waals surface area (Å²) in [6.07, 6.45) is 14.5. The van der Waals surface area contributed by atoms with Crippen LogP contribution >= 0.6 is 31.9 Å². The maximum Gasteiger partial charge on any atom is 1.00 e. The van der Waals surface area contributed by atoms with Crippen LogP contribution in [0.5, 0.6) is 0 Å². The van der Waals surface area contributed by atoms with Crippen molar-refractivity contribution in [3.05, 3.63) is 0 Å². The normalized spacial score (nSPS) is 8.50. The first-order chi connectivity index (χ1) is 10.6. The summed E-state index contributed by atoms with van der Waals surface area (Å²) in [6.45, 7) is 4.51. The average Bonchev–Trinajstić information content (AvgIpc) is 2.47. The monoisotopic (exact) mass is 522 g/mol.